The molecule has 0 aliphatic heterocycles. The minimum atomic E-state index is -0.474. The van der Waals surface area contributed by atoms with Crippen LogP contribution in [0.2, 0.25) is 0 Å². The molecule has 0 radical (unpaired) electrons. The summed E-state index contributed by atoms with van der Waals surface area (Å²) in [7, 11) is 3.06. The molecule has 2 aromatic heterocycles. The van der Waals surface area contributed by atoms with Crippen LogP contribution < -0.4 is 11.2 Å². The first-order valence-corrected chi connectivity index (χ1v) is 7.65. The van der Waals surface area contributed by atoms with Crippen LogP contribution in [0.1, 0.15) is 31.1 Å². The Labute approximate surface area is 125 Å². The number of fused-ring (bicyclic) bond motifs is 1. The molecular weight excluding hydrogens is 292 g/mol. The van der Waals surface area contributed by atoms with Gasteiger partial charge in [-0.2, -0.15) is 0 Å². The number of aromatic nitrogens is 2. The molecular formula is C14H18N2O4S. The monoisotopic (exact) mass is 310 g/mol. The van der Waals surface area contributed by atoms with Gasteiger partial charge < -0.3 is 4.74 Å². The van der Waals surface area contributed by atoms with E-state index in [1.807, 2.05) is 6.92 Å². The maximum Gasteiger partial charge on any atom is 0.330 e. The molecule has 0 aromatic carbocycles. The smallest absolute Gasteiger partial charge is 0.330 e. The van der Waals surface area contributed by atoms with Crippen molar-refractivity contribution in [2.45, 2.75) is 26.2 Å². The zero-order valence-electron chi connectivity index (χ0n) is 12.5. The van der Waals surface area contributed by atoms with E-state index < -0.39 is 5.92 Å². The van der Waals surface area contributed by atoms with Gasteiger partial charge in [-0.1, -0.05) is 6.92 Å². The van der Waals surface area contributed by atoms with Crippen LogP contribution >= 0.6 is 11.3 Å². The van der Waals surface area contributed by atoms with Gasteiger partial charge in [0, 0.05) is 24.4 Å². The molecule has 21 heavy (non-hydrogen) atoms. The quantitative estimate of drug-likeness (QED) is 0.799. The molecule has 0 saturated carbocycles. The standard InChI is InChI=1S/C14H18N2O4S/c1-5-8(13(18)20-6-2)11-10-9(7-21-11)15(3)14(19)16(4)12(10)17/h7-8H,5-6H2,1-4H3. The molecule has 0 bridgehead atoms. The Kier molecular flexibility index (Phi) is 4.32. The molecule has 0 fully saturated rings. The number of esters is 1. The summed E-state index contributed by atoms with van der Waals surface area (Å²) >= 11 is 1.32. The molecule has 0 N–H and O–H groups in total. The number of rotatable bonds is 4. The van der Waals surface area contributed by atoms with Gasteiger partial charge >= 0.3 is 11.7 Å². The highest BCUT2D eigenvalue weighted by molar-refractivity contribution is 7.11. The zero-order chi connectivity index (χ0) is 15.7. The number of ether oxygens (including phenoxy) is 1. The number of carbonyl (C=O) groups excluding carboxylic acids is 1. The largest absolute Gasteiger partial charge is 0.465 e. The van der Waals surface area contributed by atoms with Crippen LogP contribution in [0.25, 0.3) is 10.9 Å². The van der Waals surface area contributed by atoms with Gasteiger partial charge in [0.15, 0.2) is 0 Å². The van der Waals surface area contributed by atoms with E-state index in [1.54, 1.807) is 19.4 Å². The average molecular weight is 310 g/mol. The molecule has 0 aliphatic rings. The van der Waals surface area contributed by atoms with E-state index in [4.69, 9.17) is 4.74 Å². The summed E-state index contributed by atoms with van der Waals surface area (Å²) < 4.78 is 7.57. The predicted octanol–water partition coefficient (Wildman–Crippen LogP) is 1.36. The van der Waals surface area contributed by atoms with Crippen LogP contribution in [-0.2, 0) is 23.6 Å². The van der Waals surface area contributed by atoms with E-state index in [0.717, 1.165) is 4.57 Å². The van der Waals surface area contributed by atoms with Gasteiger partial charge in [0.2, 0.25) is 0 Å². The van der Waals surface area contributed by atoms with Crippen molar-refractivity contribution in [3.05, 3.63) is 31.1 Å². The van der Waals surface area contributed by atoms with E-state index in [0.29, 0.717) is 28.8 Å². The first-order chi connectivity index (χ1) is 9.93. The van der Waals surface area contributed by atoms with Crippen molar-refractivity contribution in [1.29, 1.82) is 0 Å². The average Bonchev–Trinajstić information content (AvgIpc) is 2.89. The van der Waals surface area contributed by atoms with Crippen LogP contribution in [0.3, 0.4) is 0 Å². The highest BCUT2D eigenvalue weighted by Crippen LogP contribution is 2.32. The molecule has 2 aromatic rings. The third kappa shape index (κ3) is 2.42. The van der Waals surface area contributed by atoms with Gasteiger partial charge in [0.1, 0.15) is 0 Å². The molecule has 1 unspecified atom stereocenters. The Balaban J connectivity index is 2.74. The number of thiophene rings is 1. The molecule has 114 valence electrons. The number of hydrogen-bond donors (Lipinski definition) is 0. The van der Waals surface area contributed by atoms with Gasteiger partial charge in [-0.3, -0.25) is 18.7 Å². The van der Waals surface area contributed by atoms with Gasteiger partial charge in [-0.15, -0.1) is 11.3 Å². The summed E-state index contributed by atoms with van der Waals surface area (Å²) in [4.78, 5) is 37.1. The Morgan fingerprint density at radius 1 is 1.29 bits per heavy atom. The van der Waals surface area contributed by atoms with Gasteiger partial charge in [0.05, 0.1) is 23.4 Å². The molecule has 2 heterocycles. The van der Waals surface area contributed by atoms with Crippen molar-refractivity contribution >= 4 is 28.2 Å². The lowest BCUT2D eigenvalue weighted by Gasteiger charge is -2.13. The number of carbonyl (C=O) groups is 1. The minimum Gasteiger partial charge on any atom is -0.465 e. The lowest BCUT2D eigenvalue weighted by atomic mass is 10.0. The van der Waals surface area contributed by atoms with Gasteiger partial charge in [-0.25, -0.2) is 4.79 Å². The molecule has 0 amide bonds. The number of nitrogens with zero attached hydrogens (tertiary/aromatic N) is 2. The number of hydrogen-bond acceptors (Lipinski definition) is 5. The summed E-state index contributed by atoms with van der Waals surface area (Å²) in [6, 6.07) is 0. The molecule has 0 aliphatic carbocycles. The van der Waals surface area contributed by atoms with Crippen molar-refractivity contribution in [2.75, 3.05) is 6.61 Å². The summed E-state index contributed by atoms with van der Waals surface area (Å²) in [6.07, 6.45) is 0.542. The van der Waals surface area contributed by atoms with Crippen molar-refractivity contribution in [1.82, 2.24) is 9.13 Å². The lowest BCUT2D eigenvalue weighted by molar-refractivity contribution is -0.144. The van der Waals surface area contributed by atoms with Gasteiger partial charge in [-0.05, 0) is 13.3 Å². The Morgan fingerprint density at radius 2 is 1.95 bits per heavy atom. The maximum absolute atomic E-state index is 12.4. The first-order valence-electron chi connectivity index (χ1n) is 6.77. The van der Waals surface area contributed by atoms with Crippen LogP contribution in [0.5, 0.6) is 0 Å². The van der Waals surface area contributed by atoms with Crippen molar-refractivity contribution in [3.63, 3.8) is 0 Å². The summed E-state index contributed by atoms with van der Waals surface area (Å²) in [5.41, 5.74) is -0.181. The second-order valence-electron chi connectivity index (χ2n) is 4.78. The Hall–Kier alpha value is -1.89. The summed E-state index contributed by atoms with van der Waals surface area (Å²) in [5.74, 6) is -0.808. The normalized spacial score (nSPS) is 12.6. The molecule has 2 rings (SSSR count). The third-order valence-corrected chi connectivity index (χ3v) is 4.63. The first kappa shape index (κ1) is 15.5. The fourth-order valence-electron chi connectivity index (χ4n) is 2.37. The maximum atomic E-state index is 12.4. The lowest BCUT2D eigenvalue weighted by Crippen LogP contribution is -2.37. The molecule has 1 atom stereocenters. The van der Waals surface area contributed by atoms with Crippen LogP contribution in [0, 0.1) is 0 Å². The minimum absolute atomic E-state index is 0.301. The molecule has 6 nitrogen and oxygen atoms in total. The predicted molar refractivity (Wildman–Crippen MR) is 82.0 cm³/mol. The molecule has 0 spiro atoms. The van der Waals surface area contributed by atoms with E-state index in [1.165, 1.54) is 23.0 Å². The third-order valence-electron chi connectivity index (χ3n) is 3.55. The second-order valence-corrected chi connectivity index (χ2v) is 5.69. The topological polar surface area (TPSA) is 70.3 Å². The summed E-state index contributed by atoms with van der Waals surface area (Å²) in [5, 5.41) is 2.18. The highest BCUT2D eigenvalue weighted by atomic mass is 32.1. The van der Waals surface area contributed by atoms with E-state index >= 15 is 0 Å². The van der Waals surface area contributed by atoms with Crippen LogP contribution in [0.4, 0.5) is 0 Å². The fourth-order valence-corrected chi connectivity index (χ4v) is 3.62. The fraction of sp³-hybridized carbons (Fsp3) is 0.500. The van der Waals surface area contributed by atoms with E-state index in [9.17, 15) is 14.4 Å². The van der Waals surface area contributed by atoms with E-state index in [2.05, 4.69) is 0 Å². The van der Waals surface area contributed by atoms with Crippen molar-refractivity contribution in [3.8, 4) is 0 Å². The zero-order valence-corrected chi connectivity index (χ0v) is 13.3. The van der Waals surface area contributed by atoms with Crippen molar-refractivity contribution < 1.29 is 9.53 Å². The highest BCUT2D eigenvalue weighted by Gasteiger charge is 2.26. The van der Waals surface area contributed by atoms with Crippen molar-refractivity contribution in [2.24, 2.45) is 14.1 Å². The number of aryl methyl sites for hydroxylation is 1. The molecule has 0 saturated heterocycles. The Morgan fingerprint density at radius 3 is 2.52 bits per heavy atom. The second kappa shape index (κ2) is 5.85. The summed E-state index contributed by atoms with van der Waals surface area (Å²) in [6.45, 7) is 3.93. The van der Waals surface area contributed by atoms with Crippen LogP contribution in [0.15, 0.2) is 15.0 Å². The van der Waals surface area contributed by atoms with Crippen LogP contribution in [-0.4, -0.2) is 21.7 Å². The Bertz CT molecular complexity index is 800. The SMILES string of the molecule is CCOC(=O)C(CC)c1scc2c1c(=O)n(C)c(=O)n2C. The van der Waals surface area contributed by atoms with Gasteiger partial charge in [0.25, 0.3) is 5.56 Å². The van der Waals surface area contributed by atoms with E-state index in [-0.39, 0.29) is 17.2 Å². The molecule has 7 heteroatoms.